The van der Waals surface area contributed by atoms with Crippen molar-refractivity contribution in [3.05, 3.63) is 23.9 Å². The van der Waals surface area contributed by atoms with Crippen LogP contribution in [0.4, 0.5) is 5.82 Å². The molecule has 0 aliphatic rings. The zero-order valence-corrected chi connectivity index (χ0v) is 7.73. The van der Waals surface area contributed by atoms with Crippen molar-refractivity contribution in [2.24, 2.45) is 5.73 Å². The van der Waals surface area contributed by atoms with E-state index < -0.39 is 0 Å². The molecule has 0 radical (unpaired) electrons. The molecule has 0 aromatic carbocycles. The van der Waals surface area contributed by atoms with Gasteiger partial charge in [0.1, 0.15) is 5.82 Å². The smallest absolute Gasteiger partial charge is 0.128 e. The molecule has 1 heterocycles. The maximum absolute atomic E-state index is 5.88. The highest BCUT2D eigenvalue weighted by atomic mass is 16.5. The van der Waals surface area contributed by atoms with Gasteiger partial charge in [-0.3, -0.25) is 0 Å². The number of nitrogen functional groups attached to an aromatic ring is 1. The van der Waals surface area contributed by atoms with E-state index in [-0.39, 0.29) is 6.04 Å². The van der Waals surface area contributed by atoms with E-state index in [0.29, 0.717) is 12.4 Å². The third kappa shape index (κ3) is 2.68. The lowest BCUT2D eigenvalue weighted by Crippen LogP contribution is -2.15. The van der Waals surface area contributed by atoms with Crippen molar-refractivity contribution >= 4 is 5.82 Å². The fraction of sp³-hybridized carbons (Fsp3) is 0.444. The van der Waals surface area contributed by atoms with Gasteiger partial charge in [-0.15, -0.1) is 0 Å². The zero-order valence-electron chi connectivity index (χ0n) is 7.73. The van der Waals surface area contributed by atoms with Crippen LogP contribution in [0.2, 0.25) is 0 Å². The molecule has 0 amide bonds. The van der Waals surface area contributed by atoms with Gasteiger partial charge in [0, 0.05) is 31.5 Å². The number of hydrogen-bond donors (Lipinski definition) is 2. The van der Waals surface area contributed by atoms with Crippen LogP contribution in [0.15, 0.2) is 18.3 Å². The molecule has 1 rings (SSSR count). The molecule has 1 aromatic rings. The number of nitrogens with zero attached hydrogens (tertiary/aromatic N) is 1. The van der Waals surface area contributed by atoms with Gasteiger partial charge in [0.05, 0.1) is 0 Å². The van der Waals surface area contributed by atoms with E-state index >= 15 is 0 Å². The number of ether oxygens (including phenoxy) is 1. The van der Waals surface area contributed by atoms with Crippen LogP contribution in [0.3, 0.4) is 0 Å². The Morgan fingerprint density at radius 1 is 1.62 bits per heavy atom. The lowest BCUT2D eigenvalue weighted by atomic mass is 10.1. The number of methoxy groups -OCH3 is 1. The second-order valence-electron chi connectivity index (χ2n) is 2.87. The first kappa shape index (κ1) is 9.95. The first-order valence-electron chi connectivity index (χ1n) is 4.20. The van der Waals surface area contributed by atoms with Crippen molar-refractivity contribution in [3.8, 4) is 0 Å². The first-order chi connectivity index (χ1) is 6.25. The van der Waals surface area contributed by atoms with Gasteiger partial charge in [0.2, 0.25) is 0 Å². The predicted molar refractivity (Wildman–Crippen MR) is 52.1 cm³/mol. The number of anilines is 1. The van der Waals surface area contributed by atoms with Crippen LogP contribution in [-0.4, -0.2) is 18.7 Å². The van der Waals surface area contributed by atoms with E-state index in [0.717, 1.165) is 12.0 Å². The second-order valence-corrected chi connectivity index (χ2v) is 2.87. The zero-order chi connectivity index (χ0) is 9.68. The molecule has 13 heavy (non-hydrogen) atoms. The van der Waals surface area contributed by atoms with E-state index in [1.807, 2.05) is 12.1 Å². The van der Waals surface area contributed by atoms with E-state index in [1.165, 1.54) is 0 Å². The fourth-order valence-corrected chi connectivity index (χ4v) is 1.14. The third-order valence-electron chi connectivity index (χ3n) is 1.90. The quantitative estimate of drug-likeness (QED) is 0.717. The summed E-state index contributed by atoms with van der Waals surface area (Å²) >= 11 is 0. The standard InChI is InChI=1S/C9H15N3O/c1-13-6-4-8(10)7-3-2-5-12-9(7)11/h2-3,5,8H,4,6,10H2,1H3,(H2,11,12). The van der Waals surface area contributed by atoms with Gasteiger partial charge >= 0.3 is 0 Å². The molecule has 4 N–H and O–H groups in total. The molecule has 1 unspecified atom stereocenters. The molecule has 0 saturated carbocycles. The van der Waals surface area contributed by atoms with E-state index in [2.05, 4.69) is 4.98 Å². The maximum Gasteiger partial charge on any atom is 0.128 e. The van der Waals surface area contributed by atoms with Gasteiger partial charge in [0.25, 0.3) is 0 Å². The molecule has 0 aliphatic heterocycles. The van der Waals surface area contributed by atoms with Gasteiger partial charge < -0.3 is 16.2 Å². The summed E-state index contributed by atoms with van der Waals surface area (Å²) in [5, 5.41) is 0. The van der Waals surface area contributed by atoms with Crippen LogP contribution in [0.1, 0.15) is 18.0 Å². The highest BCUT2D eigenvalue weighted by Crippen LogP contribution is 2.17. The minimum Gasteiger partial charge on any atom is -0.385 e. The van der Waals surface area contributed by atoms with Crippen molar-refractivity contribution in [2.45, 2.75) is 12.5 Å². The van der Waals surface area contributed by atoms with Crippen molar-refractivity contribution in [3.63, 3.8) is 0 Å². The molecule has 0 spiro atoms. The Hall–Kier alpha value is -1.13. The van der Waals surface area contributed by atoms with E-state index in [9.17, 15) is 0 Å². The minimum absolute atomic E-state index is 0.0892. The third-order valence-corrected chi connectivity index (χ3v) is 1.90. The molecule has 4 heteroatoms. The normalized spacial score (nSPS) is 12.8. The predicted octanol–water partition coefficient (Wildman–Crippen LogP) is 0.700. The largest absolute Gasteiger partial charge is 0.385 e. The molecule has 0 aliphatic carbocycles. The minimum atomic E-state index is -0.0892. The van der Waals surface area contributed by atoms with Gasteiger partial charge in [0.15, 0.2) is 0 Å². The Bertz CT molecular complexity index is 265. The molecule has 4 nitrogen and oxygen atoms in total. The highest BCUT2D eigenvalue weighted by molar-refractivity contribution is 5.40. The highest BCUT2D eigenvalue weighted by Gasteiger charge is 2.08. The molecular formula is C9H15N3O. The Labute approximate surface area is 77.9 Å². The fourth-order valence-electron chi connectivity index (χ4n) is 1.14. The summed E-state index contributed by atoms with van der Waals surface area (Å²) in [4.78, 5) is 3.97. The van der Waals surface area contributed by atoms with E-state index in [4.69, 9.17) is 16.2 Å². The van der Waals surface area contributed by atoms with Gasteiger partial charge in [-0.25, -0.2) is 4.98 Å². The summed E-state index contributed by atoms with van der Waals surface area (Å²) in [5.41, 5.74) is 12.4. The summed E-state index contributed by atoms with van der Waals surface area (Å²) < 4.78 is 4.93. The van der Waals surface area contributed by atoms with Crippen LogP contribution < -0.4 is 11.5 Å². The Kier molecular flexibility index (Phi) is 3.67. The average molecular weight is 181 g/mol. The molecule has 1 aromatic heterocycles. The van der Waals surface area contributed by atoms with E-state index in [1.54, 1.807) is 13.3 Å². The average Bonchev–Trinajstić information content (AvgIpc) is 2.15. The number of rotatable bonds is 4. The maximum atomic E-state index is 5.88. The summed E-state index contributed by atoms with van der Waals surface area (Å²) in [6, 6.07) is 3.63. The van der Waals surface area contributed by atoms with Gasteiger partial charge in [-0.2, -0.15) is 0 Å². The molecule has 0 bridgehead atoms. The SMILES string of the molecule is COCCC(N)c1cccnc1N. The first-order valence-corrected chi connectivity index (χ1v) is 4.20. The number of hydrogen-bond acceptors (Lipinski definition) is 4. The molecule has 1 atom stereocenters. The van der Waals surface area contributed by atoms with Crippen LogP contribution in [-0.2, 0) is 4.74 Å². The van der Waals surface area contributed by atoms with Gasteiger partial charge in [-0.1, -0.05) is 6.07 Å². The lowest BCUT2D eigenvalue weighted by Gasteiger charge is -2.12. The summed E-state index contributed by atoms with van der Waals surface area (Å²) in [7, 11) is 1.65. The van der Waals surface area contributed by atoms with Crippen LogP contribution in [0.25, 0.3) is 0 Å². The summed E-state index contributed by atoms with van der Waals surface area (Å²) in [5.74, 6) is 0.506. The molecule has 0 fully saturated rings. The van der Waals surface area contributed by atoms with Crippen molar-refractivity contribution in [2.75, 3.05) is 19.5 Å². The van der Waals surface area contributed by atoms with Crippen molar-refractivity contribution < 1.29 is 4.74 Å². The second kappa shape index (κ2) is 4.79. The molecule has 0 saturated heterocycles. The summed E-state index contributed by atoms with van der Waals surface area (Å²) in [6.45, 7) is 0.634. The Morgan fingerprint density at radius 3 is 3.00 bits per heavy atom. The lowest BCUT2D eigenvalue weighted by molar-refractivity contribution is 0.188. The monoisotopic (exact) mass is 181 g/mol. The number of aromatic nitrogens is 1. The Balaban J connectivity index is 2.65. The summed E-state index contributed by atoms with van der Waals surface area (Å²) in [6.07, 6.45) is 2.41. The number of pyridine rings is 1. The van der Waals surface area contributed by atoms with Crippen LogP contribution >= 0.6 is 0 Å². The topological polar surface area (TPSA) is 74.2 Å². The van der Waals surface area contributed by atoms with Crippen LogP contribution in [0.5, 0.6) is 0 Å². The Morgan fingerprint density at radius 2 is 2.38 bits per heavy atom. The molecular weight excluding hydrogens is 166 g/mol. The molecule has 72 valence electrons. The van der Waals surface area contributed by atoms with Crippen molar-refractivity contribution in [1.82, 2.24) is 4.98 Å². The van der Waals surface area contributed by atoms with Crippen LogP contribution in [0, 0.1) is 0 Å². The van der Waals surface area contributed by atoms with Gasteiger partial charge in [-0.05, 0) is 12.5 Å². The van der Waals surface area contributed by atoms with Crippen molar-refractivity contribution in [1.29, 1.82) is 0 Å². The number of nitrogens with two attached hydrogens (primary N) is 2.